The van der Waals surface area contributed by atoms with Crippen molar-refractivity contribution in [1.82, 2.24) is 0 Å². The highest BCUT2D eigenvalue weighted by molar-refractivity contribution is 5.99. The molecule has 10 nitrogen and oxygen atoms in total. The normalized spacial score (nSPS) is 32.1. The van der Waals surface area contributed by atoms with Crippen molar-refractivity contribution < 1.29 is 38.2 Å². The molecule has 2 heterocycles. The molecule has 0 bridgehead atoms. The van der Waals surface area contributed by atoms with Crippen LogP contribution in [0.15, 0.2) is 24.3 Å². The number of esters is 3. The van der Waals surface area contributed by atoms with Crippen molar-refractivity contribution in [3.05, 3.63) is 24.3 Å². The van der Waals surface area contributed by atoms with Gasteiger partial charge in [-0.3, -0.25) is 28.8 Å². The number of ketones is 1. The molecule has 6 unspecified atom stereocenters. The number of benzene rings is 1. The maximum atomic E-state index is 12.8. The third-order valence-electron chi connectivity index (χ3n) is 7.74. The van der Waals surface area contributed by atoms with Crippen LogP contribution in [0.3, 0.4) is 0 Å². The van der Waals surface area contributed by atoms with Crippen LogP contribution < -0.4 is 10.6 Å². The van der Waals surface area contributed by atoms with Gasteiger partial charge in [-0.1, -0.05) is 0 Å². The van der Waals surface area contributed by atoms with Crippen molar-refractivity contribution in [2.75, 3.05) is 17.2 Å². The van der Waals surface area contributed by atoms with Gasteiger partial charge in [0, 0.05) is 29.1 Å². The Morgan fingerprint density at radius 2 is 1.14 bits per heavy atom. The summed E-state index contributed by atoms with van der Waals surface area (Å²) in [6.07, 6.45) is 2.54. The first kappa shape index (κ1) is 23.2. The Kier molecular flexibility index (Phi) is 6.12. The van der Waals surface area contributed by atoms with Gasteiger partial charge < -0.3 is 20.1 Å². The largest absolute Gasteiger partial charge is 0.457 e. The smallest absolute Gasteiger partial charge is 0.317 e. The lowest BCUT2D eigenvalue weighted by Gasteiger charge is -2.35. The Morgan fingerprint density at radius 1 is 0.657 bits per heavy atom. The van der Waals surface area contributed by atoms with Crippen molar-refractivity contribution >= 4 is 46.9 Å². The average Bonchev–Trinajstić information content (AvgIpc) is 3.15. The molecule has 184 valence electrons. The zero-order valence-corrected chi connectivity index (χ0v) is 19.0. The number of cyclic esters (lactones) is 3. The second-order valence-corrected chi connectivity index (χ2v) is 9.82. The summed E-state index contributed by atoms with van der Waals surface area (Å²) in [4.78, 5) is 73.0. The highest BCUT2D eigenvalue weighted by atomic mass is 16.6. The van der Waals surface area contributed by atoms with Crippen LogP contribution in [0, 0.1) is 35.5 Å². The Morgan fingerprint density at radius 3 is 1.71 bits per heavy atom. The fourth-order valence-corrected chi connectivity index (χ4v) is 5.73. The lowest BCUT2D eigenvalue weighted by molar-refractivity contribution is -0.166. The van der Waals surface area contributed by atoms with Gasteiger partial charge in [0.05, 0.1) is 17.8 Å². The predicted molar refractivity (Wildman–Crippen MR) is 119 cm³/mol. The summed E-state index contributed by atoms with van der Waals surface area (Å²) >= 11 is 0. The number of nitrogens with one attached hydrogen (secondary N) is 2. The summed E-state index contributed by atoms with van der Waals surface area (Å²) in [5, 5.41) is 5.68. The van der Waals surface area contributed by atoms with Gasteiger partial charge in [-0.05, 0) is 62.8 Å². The summed E-state index contributed by atoms with van der Waals surface area (Å²) in [5.74, 6) is -4.58. The molecule has 2 N–H and O–H groups in total. The Bertz CT molecular complexity index is 1100. The van der Waals surface area contributed by atoms with Crippen molar-refractivity contribution in [3.63, 3.8) is 0 Å². The number of carbonyl (C=O) groups is 6. The monoisotopic (exact) mass is 482 g/mol. The van der Waals surface area contributed by atoms with E-state index in [9.17, 15) is 28.8 Å². The van der Waals surface area contributed by atoms with Gasteiger partial charge in [-0.2, -0.15) is 0 Å². The maximum Gasteiger partial charge on any atom is 0.317 e. The molecule has 5 rings (SSSR count). The number of fused-ring (bicyclic) bond motifs is 2. The van der Waals surface area contributed by atoms with Crippen LogP contribution in [0.2, 0.25) is 0 Å². The van der Waals surface area contributed by atoms with E-state index in [0.29, 0.717) is 49.9 Å². The molecular weight excluding hydrogens is 456 g/mol. The molecule has 10 heteroatoms. The molecule has 2 aliphatic heterocycles. The second kappa shape index (κ2) is 9.24. The molecule has 0 spiro atoms. The number of hydrogen-bond acceptors (Lipinski definition) is 8. The zero-order valence-electron chi connectivity index (χ0n) is 19.0. The lowest BCUT2D eigenvalue weighted by Crippen LogP contribution is -2.45. The molecule has 2 saturated carbocycles. The van der Waals surface area contributed by atoms with Gasteiger partial charge in [-0.25, -0.2) is 0 Å². The van der Waals surface area contributed by atoms with Crippen LogP contribution in [0.25, 0.3) is 0 Å². The summed E-state index contributed by atoms with van der Waals surface area (Å²) in [5.41, 5.74) is 1.10. The lowest BCUT2D eigenvalue weighted by atomic mass is 9.71. The first-order valence-electron chi connectivity index (χ1n) is 12.0. The molecule has 2 saturated heterocycles. The van der Waals surface area contributed by atoms with E-state index in [4.69, 9.17) is 9.47 Å². The van der Waals surface area contributed by atoms with E-state index >= 15 is 0 Å². The minimum Gasteiger partial charge on any atom is -0.457 e. The van der Waals surface area contributed by atoms with Crippen molar-refractivity contribution in [2.24, 2.45) is 35.5 Å². The van der Waals surface area contributed by atoms with Gasteiger partial charge in [0.25, 0.3) is 0 Å². The SMILES string of the molecule is O=C(Nc1ccc(NC(=O)C2CCC3C(=O)OC(=O)C3C2)cc1)C1CCC2C(=O)OCC(=O)C2C1. The summed E-state index contributed by atoms with van der Waals surface area (Å²) < 4.78 is 9.60. The second-order valence-electron chi connectivity index (χ2n) is 9.82. The third kappa shape index (κ3) is 4.56. The average molecular weight is 482 g/mol. The van der Waals surface area contributed by atoms with E-state index in [1.807, 2.05) is 0 Å². The molecule has 4 fully saturated rings. The Hall–Kier alpha value is -3.56. The van der Waals surface area contributed by atoms with Crippen LogP contribution >= 0.6 is 0 Å². The third-order valence-corrected chi connectivity index (χ3v) is 7.74. The molecule has 0 aromatic heterocycles. The van der Waals surface area contributed by atoms with Crippen LogP contribution in [0.5, 0.6) is 0 Å². The number of carbonyl (C=O) groups excluding carboxylic acids is 6. The standard InChI is InChI=1S/C25H26N2O8/c28-20-11-34-23(31)16-7-1-12(9-18(16)20)21(29)26-14-3-5-15(6-4-14)27-22(30)13-2-8-17-19(10-13)25(33)35-24(17)32/h3-6,12-13,16-19H,1-2,7-11H2,(H,26,29)(H,27,30). The maximum absolute atomic E-state index is 12.8. The van der Waals surface area contributed by atoms with Crippen molar-refractivity contribution in [3.8, 4) is 0 Å². The zero-order chi connectivity index (χ0) is 24.7. The first-order chi connectivity index (χ1) is 16.8. The Balaban J connectivity index is 1.14. The molecule has 4 aliphatic rings. The van der Waals surface area contributed by atoms with E-state index in [2.05, 4.69) is 10.6 Å². The van der Waals surface area contributed by atoms with Crippen LogP contribution in [-0.4, -0.2) is 42.1 Å². The number of ether oxygens (including phenoxy) is 2. The van der Waals surface area contributed by atoms with E-state index in [0.717, 1.165) is 0 Å². The minimum atomic E-state index is -0.547. The predicted octanol–water partition coefficient (Wildman–Crippen LogP) is 1.84. The van der Waals surface area contributed by atoms with Gasteiger partial charge in [-0.15, -0.1) is 0 Å². The van der Waals surface area contributed by atoms with Gasteiger partial charge in [0.1, 0.15) is 6.61 Å². The van der Waals surface area contributed by atoms with E-state index in [-0.39, 0.29) is 42.0 Å². The van der Waals surface area contributed by atoms with E-state index in [1.165, 1.54) is 0 Å². The molecule has 2 amide bonds. The van der Waals surface area contributed by atoms with Crippen LogP contribution in [-0.2, 0) is 38.2 Å². The quantitative estimate of drug-likeness (QED) is 0.488. The number of Topliss-reactive ketones (excluding diaryl/α,β-unsaturated/α-hetero) is 1. The molecule has 35 heavy (non-hydrogen) atoms. The van der Waals surface area contributed by atoms with Crippen molar-refractivity contribution in [1.29, 1.82) is 0 Å². The van der Waals surface area contributed by atoms with E-state index < -0.39 is 35.6 Å². The summed E-state index contributed by atoms with van der Waals surface area (Å²) in [6.45, 7) is -0.216. The Labute approximate surface area is 201 Å². The highest BCUT2D eigenvalue weighted by Gasteiger charge is 2.49. The number of rotatable bonds is 4. The summed E-state index contributed by atoms with van der Waals surface area (Å²) in [7, 11) is 0. The van der Waals surface area contributed by atoms with Crippen molar-refractivity contribution in [2.45, 2.75) is 38.5 Å². The number of anilines is 2. The molecule has 1 aromatic carbocycles. The fourth-order valence-electron chi connectivity index (χ4n) is 5.73. The first-order valence-corrected chi connectivity index (χ1v) is 12.0. The molecular formula is C25H26N2O8. The van der Waals surface area contributed by atoms with Gasteiger partial charge >= 0.3 is 17.9 Å². The van der Waals surface area contributed by atoms with Crippen LogP contribution in [0.1, 0.15) is 38.5 Å². The number of hydrogen-bond donors (Lipinski definition) is 2. The molecule has 2 aliphatic carbocycles. The molecule has 6 atom stereocenters. The van der Waals surface area contributed by atoms with Crippen LogP contribution in [0.4, 0.5) is 11.4 Å². The van der Waals surface area contributed by atoms with E-state index in [1.54, 1.807) is 24.3 Å². The molecule has 1 aromatic rings. The fraction of sp³-hybridized carbons (Fsp3) is 0.520. The van der Waals surface area contributed by atoms with Gasteiger partial charge in [0.2, 0.25) is 11.8 Å². The topological polar surface area (TPSA) is 145 Å². The van der Waals surface area contributed by atoms with Gasteiger partial charge in [0.15, 0.2) is 5.78 Å². The minimum absolute atomic E-state index is 0.128. The molecule has 0 radical (unpaired) electrons. The number of amides is 2. The highest BCUT2D eigenvalue weighted by Crippen LogP contribution is 2.40. The summed E-state index contributed by atoms with van der Waals surface area (Å²) in [6, 6.07) is 6.69.